The molecule has 100 valence electrons. The molecule has 0 saturated carbocycles. The average molecular weight is 244 g/mol. The molecule has 1 aliphatic rings. The van der Waals surface area contributed by atoms with Crippen molar-refractivity contribution >= 4 is 5.91 Å². The molecular formula is C12H24N2O3. The largest absolute Gasteiger partial charge is 0.378 e. The van der Waals surface area contributed by atoms with Gasteiger partial charge in [0.2, 0.25) is 5.91 Å². The van der Waals surface area contributed by atoms with Crippen LogP contribution in [-0.2, 0) is 14.3 Å². The first-order valence-corrected chi connectivity index (χ1v) is 6.25. The van der Waals surface area contributed by atoms with E-state index in [9.17, 15) is 4.79 Å². The maximum atomic E-state index is 11.8. The lowest BCUT2D eigenvalue weighted by molar-refractivity contribution is -0.165. The van der Waals surface area contributed by atoms with Gasteiger partial charge in [0.1, 0.15) is 11.7 Å². The predicted octanol–water partition coefficient (Wildman–Crippen LogP) is 0.424. The van der Waals surface area contributed by atoms with E-state index < -0.39 is 11.7 Å². The second-order valence-electron chi connectivity index (χ2n) is 4.97. The Morgan fingerprint density at radius 3 is 2.71 bits per heavy atom. The molecule has 0 radical (unpaired) electrons. The molecule has 0 spiro atoms. The zero-order valence-corrected chi connectivity index (χ0v) is 11.0. The molecule has 0 aromatic carbocycles. The van der Waals surface area contributed by atoms with Crippen LogP contribution in [-0.4, -0.2) is 43.4 Å². The van der Waals surface area contributed by atoms with Crippen molar-refractivity contribution in [3.8, 4) is 0 Å². The fraction of sp³-hybridized carbons (Fsp3) is 0.917. The third-order valence-electron chi connectivity index (χ3n) is 2.89. The summed E-state index contributed by atoms with van der Waals surface area (Å²) in [5.41, 5.74) is 5.26. The van der Waals surface area contributed by atoms with Gasteiger partial charge in [-0.2, -0.15) is 0 Å². The van der Waals surface area contributed by atoms with Crippen LogP contribution >= 0.6 is 0 Å². The zero-order chi connectivity index (χ0) is 12.9. The van der Waals surface area contributed by atoms with Crippen LogP contribution in [0.3, 0.4) is 0 Å². The van der Waals surface area contributed by atoms with Crippen molar-refractivity contribution in [2.75, 3.05) is 19.8 Å². The monoisotopic (exact) mass is 244 g/mol. The lowest BCUT2D eigenvalue weighted by atomic mass is 9.96. The Morgan fingerprint density at radius 2 is 2.24 bits per heavy atom. The maximum absolute atomic E-state index is 11.8. The highest BCUT2D eigenvalue weighted by molar-refractivity contribution is 5.80. The lowest BCUT2D eigenvalue weighted by Gasteiger charge is -2.37. The summed E-state index contributed by atoms with van der Waals surface area (Å²) in [7, 11) is 0. The zero-order valence-electron chi connectivity index (χ0n) is 11.0. The Labute approximate surface area is 103 Å². The second-order valence-corrected chi connectivity index (χ2v) is 4.97. The minimum atomic E-state index is -0.498. The molecule has 1 fully saturated rings. The topological polar surface area (TPSA) is 73.6 Å². The SMILES string of the molecule is CC(C)NC(=O)C(C)OC1(CN)CCCOC1. The van der Waals surface area contributed by atoms with Gasteiger partial charge in [-0.05, 0) is 33.6 Å². The molecule has 0 aromatic rings. The van der Waals surface area contributed by atoms with Crippen molar-refractivity contribution in [2.45, 2.75) is 51.4 Å². The molecule has 5 nitrogen and oxygen atoms in total. The van der Waals surface area contributed by atoms with E-state index in [2.05, 4.69) is 5.32 Å². The molecule has 1 aliphatic heterocycles. The lowest BCUT2D eigenvalue weighted by Crippen LogP contribution is -2.52. The van der Waals surface area contributed by atoms with E-state index in [1.54, 1.807) is 6.92 Å². The van der Waals surface area contributed by atoms with Crippen molar-refractivity contribution in [2.24, 2.45) is 5.73 Å². The third-order valence-corrected chi connectivity index (χ3v) is 2.89. The highest BCUT2D eigenvalue weighted by Crippen LogP contribution is 2.24. The first kappa shape index (κ1) is 14.4. The van der Waals surface area contributed by atoms with Gasteiger partial charge in [0.25, 0.3) is 0 Å². The molecule has 1 amide bonds. The van der Waals surface area contributed by atoms with E-state index in [-0.39, 0.29) is 11.9 Å². The number of amides is 1. The summed E-state index contributed by atoms with van der Waals surface area (Å²) in [6, 6.07) is 0.116. The molecule has 0 aromatic heterocycles. The molecule has 2 atom stereocenters. The number of carbonyl (C=O) groups excluding carboxylic acids is 1. The minimum absolute atomic E-state index is 0.0987. The normalized spacial score (nSPS) is 26.9. The number of nitrogens with one attached hydrogen (secondary N) is 1. The molecule has 2 unspecified atom stereocenters. The van der Waals surface area contributed by atoms with E-state index in [1.807, 2.05) is 13.8 Å². The number of hydrogen-bond donors (Lipinski definition) is 2. The van der Waals surface area contributed by atoms with Gasteiger partial charge in [-0.15, -0.1) is 0 Å². The fourth-order valence-electron chi connectivity index (χ4n) is 1.96. The van der Waals surface area contributed by atoms with Crippen molar-refractivity contribution < 1.29 is 14.3 Å². The molecule has 3 N–H and O–H groups in total. The van der Waals surface area contributed by atoms with Gasteiger partial charge in [-0.25, -0.2) is 0 Å². The quantitative estimate of drug-likeness (QED) is 0.735. The molecule has 0 aliphatic carbocycles. The Kier molecular flexibility index (Phi) is 5.36. The second kappa shape index (κ2) is 6.33. The van der Waals surface area contributed by atoms with E-state index in [4.69, 9.17) is 15.2 Å². The summed E-state index contributed by atoms with van der Waals surface area (Å²) in [4.78, 5) is 11.8. The average Bonchev–Trinajstić information content (AvgIpc) is 2.29. The Bertz CT molecular complexity index is 250. The molecule has 1 rings (SSSR count). The predicted molar refractivity (Wildman–Crippen MR) is 65.7 cm³/mol. The van der Waals surface area contributed by atoms with Crippen molar-refractivity contribution in [1.29, 1.82) is 0 Å². The van der Waals surface area contributed by atoms with Gasteiger partial charge in [0.05, 0.1) is 6.61 Å². The molecular weight excluding hydrogens is 220 g/mol. The Balaban J connectivity index is 2.52. The first-order chi connectivity index (χ1) is 7.99. The molecule has 17 heavy (non-hydrogen) atoms. The summed E-state index contributed by atoms with van der Waals surface area (Å²) in [6.07, 6.45) is 1.28. The van der Waals surface area contributed by atoms with E-state index in [0.717, 1.165) is 19.4 Å². The third kappa shape index (κ3) is 4.26. The van der Waals surface area contributed by atoms with Gasteiger partial charge >= 0.3 is 0 Å². The molecule has 0 bridgehead atoms. The fourth-order valence-corrected chi connectivity index (χ4v) is 1.96. The van der Waals surface area contributed by atoms with Gasteiger partial charge in [-0.3, -0.25) is 4.79 Å². The van der Waals surface area contributed by atoms with Crippen LogP contribution < -0.4 is 11.1 Å². The van der Waals surface area contributed by atoms with E-state index in [0.29, 0.717) is 13.2 Å². The summed E-state index contributed by atoms with van der Waals surface area (Å²) >= 11 is 0. The van der Waals surface area contributed by atoms with Crippen LogP contribution in [0.2, 0.25) is 0 Å². The molecule has 1 saturated heterocycles. The smallest absolute Gasteiger partial charge is 0.249 e. The first-order valence-electron chi connectivity index (χ1n) is 6.25. The van der Waals surface area contributed by atoms with Crippen LogP contribution in [0.5, 0.6) is 0 Å². The van der Waals surface area contributed by atoms with E-state index >= 15 is 0 Å². The number of nitrogens with two attached hydrogens (primary N) is 1. The Morgan fingerprint density at radius 1 is 1.53 bits per heavy atom. The Hall–Kier alpha value is -0.650. The highest BCUT2D eigenvalue weighted by atomic mass is 16.6. The number of rotatable bonds is 5. The van der Waals surface area contributed by atoms with E-state index in [1.165, 1.54) is 0 Å². The van der Waals surface area contributed by atoms with Crippen LogP contribution in [0, 0.1) is 0 Å². The van der Waals surface area contributed by atoms with Crippen LogP contribution in [0.4, 0.5) is 0 Å². The van der Waals surface area contributed by atoms with Crippen LogP contribution in [0.25, 0.3) is 0 Å². The number of hydrogen-bond acceptors (Lipinski definition) is 4. The van der Waals surface area contributed by atoms with Gasteiger partial charge in [0.15, 0.2) is 0 Å². The number of ether oxygens (including phenoxy) is 2. The maximum Gasteiger partial charge on any atom is 0.249 e. The van der Waals surface area contributed by atoms with Gasteiger partial charge in [0, 0.05) is 19.2 Å². The summed E-state index contributed by atoms with van der Waals surface area (Å²) < 4.78 is 11.2. The molecule has 1 heterocycles. The van der Waals surface area contributed by atoms with Crippen LogP contribution in [0.15, 0.2) is 0 Å². The van der Waals surface area contributed by atoms with Crippen LogP contribution in [0.1, 0.15) is 33.6 Å². The van der Waals surface area contributed by atoms with Gasteiger partial charge < -0.3 is 20.5 Å². The summed E-state index contributed by atoms with van der Waals surface area (Å²) in [5.74, 6) is -0.0987. The standard InChI is InChI=1S/C12H24N2O3/c1-9(2)14-11(15)10(3)17-12(7-13)5-4-6-16-8-12/h9-10H,4-8,13H2,1-3H3,(H,14,15). The number of carbonyl (C=O) groups is 1. The van der Waals surface area contributed by atoms with Crippen molar-refractivity contribution in [3.05, 3.63) is 0 Å². The van der Waals surface area contributed by atoms with Crippen molar-refractivity contribution in [1.82, 2.24) is 5.32 Å². The summed E-state index contributed by atoms with van der Waals surface area (Å²) in [6.45, 7) is 7.20. The van der Waals surface area contributed by atoms with Crippen molar-refractivity contribution in [3.63, 3.8) is 0 Å². The summed E-state index contributed by atoms with van der Waals surface area (Å²) in [5, 5.41) is 2.83. The molecule has 5 heteroatoms. The highest BCUT2D eigenvalue weighted by Gasteiger charge is 2.35. The minimum Gasteiger partial charge on any atom is -0.378 e. The van der Waals surface area contributed by atoms with Gasteiger partial charge in [-0.1, -0.05) is 0 Å².